The number of aryl methyl sites for hydroxylation is 2. The second-order valence-corrected chi connectivity index (χ2v) is 18.3. The molecule has 0 bridgehead atoms. The Hall–Kier alpha value is -2.35. The van der Waals surface area contributed by atoms with Gasteiger partial charge in [-0.3, -0.25) is 18.6 Å². The maximum atomic E-state index is 12.7. The van der Waals surface area contributed by atoms with Gasteiger partial charge in [-0.25, -0.2) is 4.57 Å². The molecule has 2 rings (SSSR count). The third-order valence-electron chi connectivity index (χ3n) is 11.6. The first kappa shape index (κ1) is 54.8. The third kappa shape index (κ3) is 23.8. The number of allylic oxidation sites excluding steroid dienone is 1. The summed E-state index contributed by atoms with van der Waals surface area (Å²) in [6.45, 7) is 7.57. The van der Waals surface area contributed by atoms with Gasteiger partial charge in [-0.2, -0.15) is 0 Å². The number of furan rings is 1. The average Bonchev–Trinajstić information content (AvgIpc) is 3.66. The van der Waals surface area contributed by atoms with Crippen molar-refractivity contribution in [1.29, 1.82) is 0 Å². The van der Waals surface area contributed by atoms with Crippen molar-refractivity contribution in [3.05, 3.63) is 47.0 Å². The van der Waals surface area contributed by atoms with Crippen molar-refractivity contribution in [3.8, 4) is 0 Å². The molecule has 0 radical (unpaired) electrons. The molecule has 352 valence electrons. The number of hydrogen-bond donors (Lipinski definition) is 5. The molecule has 1 unspecified atom stereocenters. The maximum Gasteiger partial charge on any atom is 0.472 e. The van der Waals surface area contributed by atoms with E-state index in [1.807, 2.05) is 0 Å². The normalized spacial score (nSPS) is 20.1. The topological polar surface area (TPSA) is 208 Å². The van der Waals surface area contributed by atoms with Crippen molar-refractivity contribution in [3.63, 3.8) is 0 Å². The molecule has 6 N–H and O–H groups in total. The number of nitrogens with two attached hydrogens (primary N) is 1. The average molecular weight is 884 g/mol. The summed E-state index contributed by atoms with van der Waals surface area (Å²) < 4.78 is 39.0. The van der Waals surface area contributed by atoms with Crippen molar-refractivity contribution >= 4 is 19.8 Å². The number of carbonyl (C=O) groups excluding carboxylic acids is 2. The molecule has 14 heteroatoms. The fraction of sp³-hybridized carbons (Fsp3) is 0.787. The van der Waals surface area contributed by atoms with Crippen molar-refractivity contribution in [1.82, 2.24) is 0 Å². The first-order valence-corrected chi connectivity index (χ1v) is 24.9. The quantitative estimate of drug-likeness (QED) is 0.0185. The first-order valence-electron chi connectivity index (χ1n) is 23.4. The minimum absolute atomic E-state index is 0.00398. The van der Waals surface area contributed by atoms with E-state index >= 15 is 0 Å². The number of rotatable bonds is 36. The molecule has 0 amide bonds. The second-order valence-electron chi connectivity index (χ2n) is 16.8. The van der Waals surface area contributed by atoms with Gasteiger partial charge in [0.2, 0.25) is 0 Å². The van der Waals surface area contributed by atoms with Gasteiger partial charge in [0.25, 0.3) is 0 Å². The fourth-order valence-electron chi connectivity index (χ4n) is 7.79. The van der Waals surface area contributed by atoms with E-state index in [4.69, 9.17) is 28.7 Å². The van der Waals surface area contributed by atoms with Crippen LogP contribution in [-0.4, -0.2) is 82.9 Å². The molecule has 1 heterocycles. The zero-order chi connectivity index (χ0) is 44.9. The molecule has 0 aromatic carbocycles. The van der Waals surface area contributed by atoms with E-state index in [0.29, 0.717) is 19.3 Å². The van der Waals surface area contributed by atoms with Crippen LogP contribution in [0, 0.1) is 25.7 Å². The lowest BCUT2D eigenvalue weighted by atomic mass is 9.89. The molecule has 61 heavy (non-hydrogen) atoms. The zero-order valence-corrected chi connectivity index (χ0v) is 38.8. The molecule has 0 saturated heterocycles. The Bertz CT molecular complexity index is 1450. The Morgan fingerprint density at radius 3 is 2.02 bits per heavy atom. The summed E-state index contributed by atoms with van der Waals surface area (Å²) in [5, 5.41) is 31.4. The molecule has 1 aromatic rings. The molecule has 0 aliphatic heterocycles. The standard InChI is InChI=1S/C47H82NO12P/c1-5-7-17-23-38(49)29-30-41-40(42(50)33-43(41)51)24-21-22-27-46(52)56-34-39(35-58-61(54,55)57-32-31-48)59-47(53)28-20-16-14-12-10-9-11-13-15-19-26-45-37(4)36(3)44(60-45)25-18-8-6-2/h21-22,29-30,38-43,49-51H,5-20,23-28,31-35,48H2,1-4H3,(H,54,55)/b22-21-,30-29+/t38-,39-,40+,41-,42+,43-/m1/s1. The first-order chi connectivity index (χ1) is 29.3. The van der Waals surface area contributed by atoms with Crippen LogP contribution in [0.25, 0.3) is 0 Å². The molecule has 1 saturated carbocycles. The Kier molecular flexibility index (Phi) is 29.0. The monoisotopic (exact) mass is 884 g/mol. The number of hydrogen-bond acceptors (Lipinski definition) is 12. The third-order valence-corrected chi connectivity index (χ3v) is 12.6. The van der Waals surface area contributed by atoms with Gasteiger partial charge in [0.15, 0.2) is 6.10 Å². The number of carbonyl (C=O) groups is 2. The van der Waals surface area contributed by atoms with Crippen molar-refractivity contribution in [2.75, 3.05) is 26.4 Å². The van der Waals surface area contributed by atoms with Crippen LogP contribution in [-0.2, 0) is 45.5 Å². The fourth-order valence-corrected chi connectivity index (χ4v) is 8.55. The predicted octanol–water partition coefficient (Wildman–Crippen LogP) is 9.20. The van der Waals surface area contributed by atoms with Crippen molar-refractivity contribution in [2.24, 2.45) is 17.6 Å². The molecule has 7 atom stereocenters. The highest BCUT2D eigenvalue weighted by Crippen LogP contribution is 2.43. The highest BCUT2D eigenvalue weighted by Gasteiger charge is 2.39. The Balaban J connectivity index is 1.69. The Morgan fingerprint density at radius 1 is 0.803 bits per heavy atom. The largest absolute Gasteiger partial charge is 0.472 e. The summed E-state index contributed by atoms with van der Waals surface area (Å²) in [5.41, 5.74) is 8.01. The van der Waals surface area contributed by atoms with Crippen LogP contribution in [0.2, 0.25) is 0 Å². The summed E-state index contributed by atoms with van der Waals surface area (Å²) in [6.07, 6.45) is 24.4. The lowest BCUT2D eigenvalue weighted by Gasteiger charge is -2.20. The van der Waals surface area contributed by atoms with Gasteiger partial charge in [-0.15, -0.1) is 0 Å². The molecule has 1 aliphatic rings. The molecule has 1 aliphatic carbocycles. The van der Waals surface area contributed by atoms with E-state index in [1.54, 1.807) is 24.3 Å². The molecular formula is C47H82NO12P. The lowest BCUT2D eigenvalue weighted by molar-refractivity contribution is -0.160. The van der Waals surface area contributed by atoms with E-state index < -0.39 is 57.4 Å². The number of aliphatic hydroxyl groups is 3. The van der Waals surface area contributed by atoms with Gasteiger partial charge in [0.05, 0.1) is 37.9 Å². The van der Waals surface area contributed by atoms with Gasteiger partial charge < -0.3 is 39.8 Å². The number of phosphoric acid groups is 1. The van der Waals surface area contributed by atoms with Gasteiger partial charge in [-0.05, 0) is 63.0 Å². The maximum absolute atomic E-state index is 12.7. The predicted molar refractivity (Wildman–Crippen MR) is 239 cm³/mol. The van der Waals surface area contributed by atoms with Crippen LogP contribution in [0.1, 0.15) is 171 Å². The van der Waals surface area contributed by atoms with Gasteiger partial charge in [0.1, 0.15) is 18.1 Å². The number of aliphatic hydroxyl groups excluding tert-OH is 3. The van der Waals surface area contributed by atoms with Gasteiger partial charge in [0, 0.05) is 38.1 Å². The van der Waals surface area contributed by atoms with Gasteiger partial charge >= 0.3 is 19.8 Å². The second kappa shape index (κ2) is 32.3. The van der Waals surface area contributed by atoms with Crippen LogP contribution < -0.4 is 5.73 Å². The van der Waals surface area contributed by atoms with E-state index in [2.05, 4.69) is 27.7 Å². The van der Waals surface area contributed by atoms with Gasteiger partial charge in [-0.1, -0.05) is 122 Å². The van der Waals surface area contributed by atoms with E-state index in [9.17, 15) is 34.4 Å². The van der Waals surface area contributed by atoms with Crippen LogP contribution >= 0.6 is 7.82 Å². The summed E-state index contributed by atoms with van der Waals surface area (Å²) in [6, 6.07) is 0. The molecule has 0 spiro atoms. The summed E-state index contributed by atoms with van der Waals surface area (Å²) in [7, 11) is -4.47. The van der Waals surface area contributed by atoms with Crippen LogP contribution in [0.5, 0.6) is 0 Å². The lowest BCUT2D eigenvalue weighted by Crippen LogP contribution is -2.29. The summed E-state index contributed by atoms with van der Waals surface area (Å²) in [5.74, 6) is 0.590. The molecule has 1 fully saturated rings. The number of unbranched alkanes of at least 4 members (excludes halogenated alkanes) is 13. The van der Waals surface area contributed by atoms with Crippen molar-refractivity contribution in [2.45, 2.75) is 200 Å². The Labute approximate surface area is 366 Å². The number of phosphoric ester groups is 1. The summed E-state index contributed by atoms with van der Waals surface area (Å²) in [4.78, 5) is 35.3. The van der Waals surface area contributed by atoms with E-state index in [0.717, 1.165) is 64.2 Å². The minimum atomic E-state index is -4.47. The van der Waals surface area contributed by atoms with Crippen LogP contribution in [0.3, 0.4) is 0 Å². The number of ether oxygens (including phenoxy) is 2. The minimum Gasteiger partial charge on any atom is -0.466 e. The highest BCUT2D eigenvalue weighted by molar-refractivity contribution is 7.47. The van der Waals surface area contributed by atoms with Crippen LogP contribution in [0.4, 0.5) is 0 Å². The molecular weight excluding hydrogens is 801 g/mol. The summed E-state index contributed by atoms with van der Waals surface area (Å²) >= 11 is 0. The van der Waals surface area contributed by atoms with Crippen molar-refractivity contribution < 1.29 is 57.3 Å². The van der Waals surface area contributed by atoms with Crippen LogP contribution in [0.15, 0.2) is 28.7 Å². The van der Waals surface area contributed by atoms with E-state index in [1.165, 1.54) is 67.6 Å². The Morgan fingerprint density at radius 2 is 1.39 bits per heavy atom. The smallest absolute Gasteiger partial charge is 0.466 e. The zero-order valence-electron chi connectivity index (χ0n) is 37.9. The molecule has 1 aromatic heterocycles. The SMILES string of the molecule is CCCCCc1oc(CCCCCCCCCCCCC(=O)O[C@H](COC(=O)C/C=C\C[C@H]2[C@@H](/C=C/[C@H](O)CCCCC)[C@H](O)C[C@@H]2O)COP(=O)(O)OCCN)c(C)c1C. The highest BCUT2D eigenvalue weighted by atomic mass is 31.2. The van der Waals surface area contributed by atoms with E-state index in [-0.39, 0.29) is 44.2 Å². The molecule has 13 nitrogen and oxygen atoms in total. The number of esters is 2.